The van der Waals surface area contributed by atoms with E-state index in [1.165, 1.54) is 12.1 Å². The number of amides is 1. The Morgan fingerprint density at radius 1 is 1.58 bits per heavy atom. The molecule has 5 heteroatoms. The summed E-state index contributed by atoms with van der Waals surface area (Å²) in [6.45, 7) is 2.33. The highest BCUT2D eigenvalue weighted by molar-refractivity contribution is 6.31. The number of hydrogen-bond donors (Lipinski definition) is 2. The number of carbonyl (C=O) groups is 1. The summed E-state index contributed by atoms with van der Waals surface area (Å²) < 4.78 is 13.0. The predicted molar refractivity (Wildman–Crippen MR) is 73.6 cm³/mol. The minimum absolute atomic E-state index is 0.0560. The molecule has 1 amide bonds. The standard InChI is InChI=1S/C14H18ClFN2O/c1-9(17)6-13(19)18-8-14(4-5-14)11-3-2-10(16)7-12(11)15/h2-3,7,9H,4-6,8,17H2,1H3,(H,18,19). The summed E-state index contributed by atoms with van der Waals surface area (Å²) in [6.07, 6.45) is 2.22. The van der Waals surface area contributed by atoms with Crippen LogP contribution in [0, 0.1) is 5.82 Å². The van der Waals surface area contributed by atoms with Crippen LogP contribution in [-0.4, -0.2) is 18.5 Å². The van der Waals surface area contributed by atoms with Crippen molar-refractivity contribution < 1.29 is 9.18 Å². The van der Waals surface area contributed by atoms with E-state index in [2.05, 4.69) is 5.32 Å². The topological polar surface area (TPSA) is 55.1 Å². The molecule has 1 saturated carbocycles. The van der Waals surface area contributed by atoms with Crippen LogP contribution in [0.2, 0.25) is 5.02 Å². The van der Waals surface area contributed by atoms with Gasteiger partial charge in [-0.05, 0) is 37.5 Å². The zero-order valence-corrected chi connectivity index (χ0v) is 11.6. The summed E-state index contributed by atoms with van der Waals surface area (Å²) in [6, 6.07) is 4.29. The Hall–Kier alpha value is -1.13. The van der Waals surface area contributed by atoms with Crippen LogP contribution in [0.25, 0.3) is 0 Å². The number of nitrogens with one attached hydrogen (secondary N) is 1. The van der Waals surface area contributed by atoms with Gasteiger partial charge in [-0.2, -0.15) is 0 Å². The van der Waals surface area contributed by atoms with Crippen molar-refractivity contribution in [3.8, 4) is 0 Å². The lowest BCUT2D eigenvalue weighted by Gasteiger charge is -2.18. The van der Waals surface area contributed by atoms with Crippen LogP contribution < -0.4 is 11.1 Å². The normalized spacial score (nSPS) is 17.9. The van der Waals surface area contributed by atoms with E-state index in [0.29, 0.717) is 18.0 Å². The molecule has 2 rings (SSSR count). The molecule has 1 aliphatic rings. The van der Waals surface area contributed by atoms with Gasteiger partial charge in [0.2, 0.25) is 5.91 Å². The van der Waals surface area contributed by atoms with Gasteiger partial charge in [-0.15, -0.1) is 0 Å². The van der Waals surface area contributed by atoms with Crippen LogP contribution in [0.4, 0.5) is 4.39 Å². The third kappa shape index (κ3) is 3.45. The van der Waals surface area contributed by atoms with E-state index in [1.807, 2.05) is 0 Å². The van der Waals surface area contributed by atoms with Gasteiger partial charge in [0.05, 0.1) is 0 Å². The van der Waals surface area contributed by atoms with Crippen molar-refractivity contribution in [2.45, 2.75) is 37.6 Å². The molecule has 19 heavy (non-hydrogen) atoms. The molecule has 1 unspecified atom stereocenters. The largest absolute Gasteiger partial charge is 0.355 e. The first-order chi connectivity index (χ1) is 8.93. The molecule has 104 valence electrons. The van der Waals surface area contributed by atoms with Gasteiger partial charge in [-0.25, -0.2) is 4.39 Å². The molecular formula is C14H18ClFN2O. The Morgan fingerprint density at radius 3 is 2.79 bits per heavy atom. The van der Waals surface area contributed by atoms with Crippen molar-refractivity contribution in [2.24, 2.45) is 5.73 Å². The quantitative estimate of drug-likeness (QED) is 0.872. The first-order valence-corrected chi connectivity index (χ1v) is 6.78. The Labute approximate surface area is 117 Å². The fourth-order valence-electron chi connectivity index (χ4n) is 2.24. The van der Waals surface area contributed by atoms with Crippen molar-refractivity contribution in [2.75, 3.05) is 6.54 Å². The molecule has 1 fully saturated rings. The maximum atomic E-state index is 13.0. The molecule has 0 spiro atoms. The number of benzene rings is 1. The summed E-state index contributed by atoms with van der Waals surface area (Å²) in [5.74, 6) is -0.398. The Bertz CT molecular complexity index is 486. The lowest BCUT2D eigenvalue weighted by Crippen LogP contribution is -2.35. The van der Waals surface area contributed by atoms with Gasteiger partial charge in [0.15, 0.2) is 0 Å². The van der Waals surface area contributed by atoms with Crippen molar-refractivity contribution in [3.63, 3.8) is 0 Å². The molecule has 0 saturated heterocycles. The Morgan fingerprint density at radius 2 is 2.26 bits per heavy atom. The smallest absolute Gasteiger partial charge is 0.221 e. The van der Waals surface area contributed by atoms with Gasteiger partial charge < -0.3 is 11.1 Å². The molecule has 0 aliphatic heterocycles. The van der Waals surface area contributed by atoms with Gasteiger partial charge in [0, 0.05) is 29.4 Å². The zero-order valence-electron chi connectivity index (χ0n) is 10.9. The third-order valence-corrected chi connectivity index (χ3v) is 3.80. The second-order valence-corrected chi connectivity index (χ2v) is 5.77. The highest BCUT2D eigenvalue weighted by atomic mass is 35.5. The highest BCUT2D eigenvalue weighted by Crippen LogP contribution is 2.50. The van der Waals surface area contributed by atoms with E-state index >= 15 is 0 Å². The van der Waals surface area contributed by atoms with Crippen LogP contribution in [0.5, 0.6) is 0 Å². The van der Waals surface area contributed by atoms with E-state index in [9.17, 15) is 9.18 Å². The summed E-state index contributed by atoms with van der Waals surface area (Å²) in [5, 5.41) is 3.32. The number of rotatable bonds is 5. The zero-order chi connectivity index (χ0) is 14.0. The molecule has 0 radical (unpaired) electrons. The van der Waals surface area contributed by atoms with Crippen LogP contribution in [0.3, 0.4) is 0 Å². The molecule has 1 aromatic rings. The molecule has 1 atom stereocenters. The first kappa shape index (κ1) is 14.3. The molecule has 3 nitrogen and oxygen atoms in total. The molecule has 3 N–H and O–H groups in total. The SMILES string of the molecule is CC(N)CC(=O)NCC1(c2ccc(F)cc2Cl)CC1. The minimum Gasteiger partial charge on any atom is -0.355 e. The number of halogens is 2. The van der Waals surface area contributed by atoms with E-state index in [1.54, 1.807) is 13.0 Å². The summed E-state index contributed by atoms with van der Waals surface area (Å²) >= 11 is 6.08. The van der Waals surface area contributed by atoms with E-state index in [0.717, 1.165) is 18.4 Å². The average molecular weight is 285 g/mol. The summed E-state index contributed by atoms with van der Waals surface area (Å²) in [4.78, 5) is 11.6. The number of carbonyl (C=O) groups excluding carboxylic acids is 1. The van der Waals surface area contributed by atoms with Crippen LogP contribution >= 0.6 is 11.6 Å². The summed E-state index contributed by atoms with van der Waals surface area (Å²) in [7, 11) is 0. The second-order valence-electron chi connectivity index (χ2n) is 5.36. The van der Waals surface area contributed by atoms with E-state index in [4.69, 9.17) is 17.3 Å². The fraction of sp³-hybridized carbons (Fsp3) is 0.500. The molecular weight excluding hydrogens is 267 g/mol. The Kier molecular flexibility index (Phi) is 4.11. The maximum absolute atomic E-state index is 13.0. The van der Waals surface area contributed by atoms with Gasteiger partial charge in [-0.3, -0.25) is 4.79 Å². The van der Waals surface area contributed by atoms with Crippen LogP contribution in [-0.2, 0) is 10.2 Å². The van der Waals surface area contributed by atoms with E-state index < -0.39 is 0 Å². The molecule has 0 bridgehead atoms. The number of hydrogen-bond acceptors (Lipinski definition) is 2. The third-order valence-electron chi connectivity index (χ3n) is 3.49. The lowest BCUT2D eigenvalue weighted by atomic mass is 9.95. The van der Waals surface area contributed by atoms with Crippen LogP contribution in [0.1, 0.15) is 31.7 Å². The molecule has 0 heterocycles. The van der Waals surface area contributed by atoms with Crippen molar-refractivity contribution >= 4 is 17.5 Å². The lowest BCUT2D eigenvalue weighted by molar-refractivity contribution is -0.121. The molecule has 0 aromatic heterocycles. The van der Waals surface area contributed by atoms with Gasteiger partial charge in [0.25, 0.3) is 0 Å². The second kappa shape index (κ2) is 5.47. The van der Waals surface area contributed by atoms with Crippen molar-refractivity contribution in [1.29, 1.82) is 0 Å². The van der Waals surface area contributed by atoms with E-state index in [-0.39, 0.29) is 23.2 Å². The van der Waals surface area contributed by atoms with Crippen LogP contribution in [0.15, 0.2) is 18.2 Å². The summed E-state index contributed by atoms with van der Waals surface area (Å²) in [5.41, 5.74) is 6.36. The van der Waals surface area contributed by atoms with Crippen molar-refractivity contribution in [3.05, 3.63) is 34.6 Å². The predicted octanol–water partition coefficient (Wildman–Crippen LogP) is 2.36. The first-order valence-electron chi connectivity index (χ1n) is 6.41. The molecule has 1 aliphatic carbocycles. The maximum Gasteiger partial charge on any atom is 0.221 e. The van der Waals surface area contributed by atoms with Gasteiger partial charge in [0.1, 0.15) is 5.82 Å². The highest BCUT2D eigenvalue weighted by Gasteiger charge is 2.45. The number of nitrogens with two attached hydrogens (primary N) is 1. The fourth-order valence-corrected chi connectivity index (χ4v) is 2.61. The van der Waals surface area contributed by atoms with Crippen molar-refractivity contribution in [1.82, 2.24) is 5.32 Å². The van der Waals surface area contributed by atoms with Gasteiger partial charge in [-0.1, -0.05) is 17.7 Å². The molecule has 1 aromatic carbocycles. The minimum atomic E-state index is -0.342. The monoisotopic (exact) mass is 284 g/mol. The average Bonchev–Trinajstić information content (AvgIpc) is 3.06. The van der Waals surface area contributed by atoms with Gasteiger partial charge >= 0.3 is 0 Å². The Balaban J connectivity index is 2.01.